The van der Waals surface area contributed by atoms with E-state index in [0.717, 1.165) is 6.07 Å². The molecular weight excluding hydrogens is 423 g/mol. The summed E-state index contributed by atoms with van der Waals surface area (Å²) in [5.74, 6) is 0.126. The van der Waals surface area contributed by atoms with Gasteiger partial charge in [0.1, 0.15) is 11.6 Å². The minimum atomic E-state index is -1.54. The molecule has 0 aliphatic carbocycles. The van der Waals surface area contributed by atoms with Gasteiger partial charge in [-0.2, -0.15) is 0 Å². The second kappa shape index (κ2) is 8.81. The molecule has 0 atom stereocenters. The molecule has 0 heterocycles. The Balaban J connectivity index is 1.64. The lowest BCUT2D eigenvalue weighted by molar-refractivity contribution is 0.184. The number of ether oxygens (including phenoxy) is 1. The fourth-order valence-electron chi connectivity index (χ4n) is 3.36. The Kier molecular flexibility index (Phi) is 5.93. The van der Waals surface area contributed by atoms with Crippen molar-refractivity contribution in [1.82, 2.24) is 0 Å². The van der Waals surface area contributed by atoms with E-state index >= 15 is 0 Å². The molecule has 0 bridgehead atoms. The van der Waals surface area contributed by atoms with Gasteiger partial charge in [-0.1, -0.05) is 36.1 Å². The van der Waals surface area contributed by atoms with E-state index in [1.165, 1.54) is 43.5 Å². The number of benzene rings is 4. The van der Waals surface area contributed by atoms with E-state index in [0.29, 0.717) is 16.7 Å². The quantitative estimate of drug-likeness (QED) is 0.195. The number of halogens is 5. The summed E-state index contributed by atoms with van der Waals surface area (Å²) in [6.45, 7) is 0.267. The summed E-state index contributed by atoms with van der Waals surface area (Å²) in [6, 6.07) is 13.7. The van der Waals surface area contributed by atoms with Gasteiger partial charge in [-0.05, 0) is 52.9 Å². The van der Waals surface area contributed by atoms with Gasteiger partial charge in [0.15, 0.2) is 17.5 Å². The molecule has 0 N–H and O–H groups in total. The second-order valence-electron chi connectivity index (χ2n) is 7.11. The van der Waals surface area contributed by atoms with Crippen molar-refractivity contribution in [3.8, 4) is 23.0 Å². The van der Waals surface area contributed by atoms with Crippen molar-refractivity contribution < 1.29 is 26.7 Å². The highest BCUT2D eigenvalue weighted by Crippen LogP contribution is 2.26. The minimum absolute atomic E-state index is 0.0710. The van der Waals surface area contributed by atoms with E-state index < -0.39 is 29.1 Å². The highest BCUT2D eigenvalue weighted by molar-refractivity contribution is 5.84. The smallest absolute Gasteiger partial charge is 0.195 e. The minimum Gasteiger partial charge on any atom is -0.380 e. The van der Waals surface area contributed by atoms with Gasteiger partial charge < -0.3 is 4.74 Å². The lowest BCUT2D eigenvalue weighted by Crippen LogP contribution is -1.93. The molecule has 0 saturated carbocycles. The van der Waals surface area contributed by atoms with Crippen molar-refractivity contribution in [2.45, 2.75) is 6.61 Å². The molecule has 6 heteroatoms. The first-order valence-corrected chi connectivity index (χ1v) is 9.54. The zero-order chi connectivity index (χ0) is 22.8. The molecule has 32 heavy (non-hydrogen) atoms. The molecule has 0 amide bonds. The van der Waals surface area contributed by atoms with Crippen molar-refractivity contribution in [3.05, 3.63) is 106 Å². The molecule has 4 aromatic rings. The second-order valence-corrected chi connectivity index (χ2v) is 7.11. The van der Waals surface area contributed by atoms with E-state index in [4.69, 9.17) is 4.74 Å². The van der Waals surface area contributed by atoms with Crippen LogP contribution in [-0.4, -0.2) is 7.11 Å². The Morgan fingerprint density at radius 3 is 2.25 bits per heavy atom. The Hall–Kier alpha value is -3.69. The van der Waals surface area contributed by atoms with Crippen LogP contribution < -0.4 is 0 Å². The summed E-state index contributed by atoms with van der Waals surface area (Å²) in [5, 5.41) is 0.0555. The van der Waals surface area contributed by atoms with Crippen LogP contribution in [0.2, 0.25) is 0 Å². The van der Waals surface area contributed by atoms with Crippen LogP contribution in [0, 0.1) is 40.9 Å². The van der Waals surface area contributed by atoms with E-state index in [2.05, 4.69) is 11.8 Å². The van der Waals surface area contributed by atoms with Gasteiger partial charge in [-0.3, -0.25) is 0 Å². The van der Waals surface area contributed by atoms with Crippen LogP contribution in [0.15, 0.2) is 60.7 Å². The maximum atomic E-state index is 14.6. The first kappa shape index (κ1) is 21.5. The van der Waals surface area contributed by atoms with Crippen molar-refractivity contribution >= 4 is 10.8 Å². The third kappa shape index (κ3) is 4.20. The van der Waals surface area contributed by atoms with Crippen molar-refractivity contribution in [2.24, 2.45) is 0 Å². The lowest BCUT2D eigenvalue weighted by atomic mass is 10.0. The molecule has 4 rings (SSSR count). The molecule has 4 aromatic carbocycles. The van der Waals surface area contributed by atoms with Crippen LogP contribution in [0.5, 0.6) is 0 Å². The Morgan fingerprint density at radius 1 is 0.719 bits per heavy atom. The number of methoxy groups -OCH3 is 1. The fourth-order valence-corrected chi connectivity index (χ4v) is 3.36. The van der Waals surface area contributed by atoms with Crippen LogP contribution in [0.4, 0.5) is 22.0 Å². The lowest BCUT2D eigenvalue weighted by Gasteiger charge is -2.07. The van der Waals surface area contributed by atoms with E-state index in [1.54, 1.807) is 18.2 Å². The third-order valence-corrected chi connectivity index (χ3v) is 4.94. The van der Waals surface area contributed by atoms with E-state index in [9.17, 15) is 22.0 Å². The van der Waals surface area contributed by atoms with Gasteiger partial charge in [-0.25, -0.2) is 22.0 Å². The van der Waals surface area contributed by atoms with E-state index in [-0.39, 0.29) is 28.5 Å². The zero-order valence-corrected chi connectivity index (χ0v) is 16.8. The molecule has 0 saturated heterocycles. The normalized spacial score (nSPS) is 10.8. The van der Waals surface area contributed by atoms with Crippen molar-refractivity contribution in [3.63, 3.8) is 0 Å². The number of hydrogen-bond donors (Lipinski definition) is 0. The predicted molar refractivity (Wildman–Crippen MR) is 112 cm³/mol. The standard InChI is InChI=1S/C26H15F5O/c1-32-14-16-4-8-20(23(28)11-16)18-7-6-17(22(27)12-18)5-2-15-3-9-21-19(10-15)13-24(29)26(31)25(21)30/h3-4,6-13H,14H2,1H3. The first-order valence-electron chi connectivity index (χ1n) is 9.54. The topological polar surface area (TPSA) is 9.23 Å². The Labute approximate surface area is 181 Å². The summed E-state index contributed by atoms with van der Waals surface area (Å²) < 4.78 is 74.6. The first-order chi connectivity index (χ1) is 15.4. The summed E-state index contributed by atoms with van der Waals surface area (Å²) >= 11 is 0. The third-order valence-electron chi connectivity index (χ3n) is 4.94. The number of fused-ring (bicyclic) bond motifs is 1. The van der Waals surface area contributed by atoms with Gasteiger partial charge in [0.05, 0.1) is 12.2 Å². The summed E-state index contributed by atoms with van der Waals surface area (Å²) in [5.41, 5.74) is 1.70. The average molecular weight is 438 g/mol. The van der Waals surface area contributed by atoms with Crippen LogP contribution in [0.25, 0.3) is 21.9 Å². The largest absolute Gasteiger partial charge is 0.380 e. The molecule has 0 aliphatic rings. The molecule has 0 spiro atoms. The molecule has 0 aromatic heterocycles. The van der Waals surface area contributed by atoms with Crippen LogP contribution in [0.1, 0.15) is 16.7 Å². The molecule has 1 nitrogen and oxygen atoms in total. The number of rotatable bonds is 3. The van der Waals surface area contributed by atoms with Gasteiger partial charge in [0.25, 0.3) is 0 Å². The van der Waals surface area contributed by atoms with Crippen LogP contribution >= 0.6 is 0 Å². The highest BCUT2D eigenvalue weighted by atomic mass is 19.2. The molecular formula is C26H15F5O. The summed E-state index contributed by atoms with van der Waals surface area (Å²) in [4.78, 5) is 0. The average Bonchev–Trinajstić information content (AvgIpc) is 2.77. The Bertz CT molecular complexity index is 1400. The summed E-state index contributed by atoms with van der Waals surface area (Å²) in [6.07, 6.45) is 0. The van der Waals surface area contributed by atoms with Crippen molar-refractivity contribution in [1.29, 1.82) is 0 Å². The molecule has 0 fully saturated rings. The van der Waals surface area contributed by atoms with Gasteiger partial charge >= 0.3 is 0 Å². The molecule has 0 unspecified atom stereocenters. The van der Waals surface area contributed by atoms with Gasteiger partial charge in [0.2, 0.25) is 0 Å². The maximum Gasteiger partial charge on any atom is 0.195 e. The zero-order valence-electron chi connectivity index (χ0n) is 16.8. The number of hydrogen-bond acceptors (Lipinski definition) is 1. The molecule has 0 aliphatic heterocycles. The summed E-state index contributed by atoms with van der Waals surface area (Å²) in [7, 11) is 1.51. The molecule has 160 valence electrons. The van der Waals surface area contributed by atoms with Crippen LogP contribution in [-0.2, 0) is 11.3 Å². The fraction of sp³-hybridized carbons (Fsp3) is 0.0769. The van der Waals surface area contributed by atoms with Gasteiger partial charge in [-0.15, -0.1) is 0 Å². The highest BCUT2D eigenvalue weighted by Gasteiger charge is 2.13. The molecule has 0 radical (unpaired) electrons. The van der Waals surface area contributed by atoms with E-state index in [1.807, 2.05) is 0 Å². The van der Waals surface area contributed by atoms with Crippen molar-refractivity contribution in [2.75, 3.05) is 7.11 Å². The van der Waals surface area contributed by atoms with Crippen LogP contribution in [0.3, 0.4) is 0 Å². The Morgan fingerprint density at radius 2 is 1.53 bits per heavy atom. The predicted octanol–water partition coefficient (Wildman–Crippen LogP) is 6.75. The van der Waals surface area contributed by atoms with Gasteiger partial charge in [0, 0.05) is 23.6 Å². The monoisotopic (exact) mass is 438 g/mol. The SMILES string of the molecule is COCc1ccc(-c2ccc(C#Cc3ccc4c(F)c(F)c(F)cc4c3)c(F)c2)c(F)c1. The maximum absolute atomic E-state index is 14.6.